The van der Waals surface area contributed by atoms with Crippen LogP contribution in [-0.2, 0) is 10.3 Å². The SMILES string of the molecule is CN1C(C(=O)N2CCC(N3CC(CC#N)(n4cc(-c5ncnc6[nH]ccc56)cn4)C3)CC2)=CC(CN2CCCC2)=NC1C(F)(F)F. The molecule has 3 aromatic heterocycles. The fourth-order valence-corrected chi connectivity index (χ4v) is 7.29. The molecule has 12 nitrogen and oxygen atoms in total. The molecule has 0 aromatic carbocycles. The molecule has 0 radical (unpaired) electrons. The van der Waals surface area contributed by atoms with Gasteiger partial charge in [0.1, 0.15) is 23.2 Å². The van der Waals surface area contributed by atoms with Gasteiger partial charge in [-0.05, 0) is 50.9 Å². The Labute approximate surface area is 264 Å². The Kier molecular flexibility index (Phi) is 7.80. The van der Waals surface area contributed by atoms with E-state index in [4.69, 9.17) is 0 Å². The first-order chi connectivity index (χ1) is 22.1. The molecule has 4 aliphatic heterocycles. The second kappa shape index (κ2) is 11.8. The standard InChI is InChI=1S/C31H36F3N11O/c1-41-25(14-22(17-42-10-2-3-11-42)40-29(41)31(32,33)34)28(46)43-12-5-23(6-13-43)44-18-30(19-44,7-8-35)45-16-21(15-39-45)26-24-4-9-36-27(24)38-20-37-26/h4,9,14-16,20,23,29H,2-3,5-7,10-13,17-19H2,1H3,(H,36,37,38). The highest BCUT2D eigenvalue weighted by Gasteiger charge is 2.49. The molecule has 7 heterocycles. The molecule has 15 heteroatoms. The lowest BCUT2D eigenvalue weighted by Crippen LogP contribution is -2.66. The average molecular weight is 636 g/mol. The van der Waals surface area contributed by atoms with Crippen molar-refractivity contribution in [1.82, 2.24) is 44.3 Å². The van der Waals surface area contributed by atoms with Crippen LogP contribution in [0.3, 0.4) is 0 Å². The molecule has 3 saturated heterocycles. The molecule has 0 spiro atoms. The Balaban J connectivity index is 1.00. The van der Waals surface area contributed by atoms with Crippen LogP contribution >= 0.6 is 0 Å². The van der Waals surface area contributed by atoms with E-state index in [1.807, 2.05) is 23.1 Å². The van der Waals surface area contributed by atoms with Crippen LogP contribution in [0, 0.1) is 11.3 Å². The number of fused-ring (bicyclic) bond motifs is 1. The number of hydrogen-bond acceptors (Lipinski definition) is 9. The summed E-state index contributed by atoms with van der Waals surface area (Å²) in [4.78, 5) is 36.5. The Morgan fingerprint density at radius 1 is 1.15 bits per heavy atom. The topological polar surface area (TPSA) is 126 Å². The number of halogens is 3. The van der Waals surface area contributed by atoms with Gasteiger partial charge >= 0.3 is 6.18 Å². The van der Waals surface area contributed by atoms with Gasteiger partial charge in [-0.2, -0.15) is 23.5 Å². The number of aliphatic imine (C=N–C) groups is 1. The Morgan fingerprint density at radius 2 is 1.91 bits per heavy atom. The van der Waals surface area contributed by atoms with Gasteiger partial charge in [0, 0.05) is 69.2 Å². The fraction of sp³-hybridized carbons (Fsp3) is 0.548. The number of nitriles is 1. The smallest absolute Gasteiger partial charge is 0.346 e. The van der Waals surface area contributed by atoms with Crippen molar-refractivity contribution in [2.45, 2.75) is 56.0 Å². The van der Waals surface area contributed by atoms with E-state index < -0.39 is 23.8 Å². The summed E-state index contributed by atoms with van der Waals surface area (Å²) in [6.45, 7) is 4.12. The molecular formula is C31H36F3N11O. The quantitative estimate of drug-likeness (QED) is 0.420. The molecule has 46 heavy (non-hydrogen) atoms. The number of aromatic nitrogens is 5. The minimum atomic E-state index is -4.59. The zero-order valence-electron chi connectivity index (χ0n) is 25.6. The maximum atomic E-state index is 14.0. The third-order valence-corrected chi connectivity index (χ3v) is 9.80. The fourth-order valence-electron chi connectivity index (χ4n) is 7.29. The van der Waals surface area contributed by atoms with Gasteiger partial charge in [0.25, 0.3) is 5.91 Å². The lowest BCUT2D eigenvalue weighted by Gasteiger charge is -2.53. The number of aromatic amines is 1. The van der Waals surface area contributed by atoms with Crippen LogP contribution < -0.4 is 0 Å². The highest BCUT2D eigenvalue weighted by molar-refractivity contribution is 6.05. The first kappa shape index (κ1) is 30.4. The van der Waals surface area contributed by atoms with Gasteiger partial charge in [-0.15, -0.1) is 0 Å². The number of amides is 1. The molecule has 0 bridgehead atoms. The number of carbonyl (C=O) groups excluding carboxylic acids is 1. The molecule has 0 aliphatic carbocycles. The molecule has 0 saturated carbocycles. The lowest BCUT2D eigenvalue weighted by molar-refractivity contribution is -0.175. The molecule has 7 rings (SSSR count). The summed E-state index contributed by atoms with van der Waals surface area (Å²) in [6.07, 6.45) is 5.62. The molecule has 1 atom stereocenters. The summed E-state index contributed by atoms with van der Waals surface area (Å²) in [5.74, 6) is -0.392. The number of likely N-dealkylation sites (N-methyl/N-ethyl adjacent to an activating group) is 1. The molecule has 1 amide bonds. The first-order valence-electron chi connectivity index (χ1n) is 15.7. The van der Waals surface area contributed by atoms with E-state index in [1.54, 1.807) is 17.2 Å². The van der Waals surface area contributed by atoms with Crippen LogP contribution in [0.25, 0.3) is 22.3 Å². The molecule has 1 N–H and O–H groups in total. The van der Waals surface area contributed by atoms with E-state index in [9.17, 15) is 23.2 Å². The van der Waals surface area contributed by atoms with Gasteiger partial charge in [-0.1, -0.05) is 0 Å². The number of nitrogens with zero attached hydrogens (tertiary/aromatic N) is 10. The highest BCUT2D eigenvalue weighted by atomic mass is 19.4. The van der Waals surface area contributed by atoms with Crippen LogP contribution in [-0.4, -0.2) is 127 Å². The zero-order valence-corrected chi connectivity index (χ0v) is 25.6. The Morgan fingerprint density at radius 3 is 2.63 bits per heavy atom. The van der Waals surface area contributed by atoms with Crippen molar-refractivity contribution in [2.24, 2.45) is 4.99 Å². The molecule has 4 aliphatic rings. The first-order valence-corrected chi connectivity index (χ1v) is 15.7. The molecule has 3 fully saturated rings. The van der Waals surface area contributed by atoms with E-state index in [-0.39, 0.29) is 11.7 Å². The predicted molar refractivity (Wildman–Crippen MR) is 163 cm³/mol. The van der Waals surface area contributed by atoms with Gasteiger partial charge < -0.3 is 14.8 Å². The summed E-state index contributed by atoms with van der Waals surface area (Å²) >= 11 is 0. The average Bonchev–Trinajstić information content (AvgIpc) is 3.81. The minimum Gasteiger partial charge on any atom is -0.346 e. The second-order valence-electron chi connectivity index (χ2n) is 12.8. The van der Waals surface area contributed by atoms with Crippen LogP contribution in [0.4, 0.5) is 13.2 Å². The summed E-state index contributed by atoms with van der Waals surface area (Å²) in [5, 5.41) is 15.2. The largest absolute Gasteiger partial charge is 0.429 e. The van der Waals surface area contributed by atoms with Crippen LogP contribution in [0.15, 0.2) is 47.7 Å². The number of carbonyl (C=O) groups is 1. The molecule has 242 valence electrons. The maximum Gasteiger partial charge on any atom is 0.429 e. The van der Waals surface area contributed by atoms with Gasteiger partial charge in [0.2, 0.25) is 6.17 Å². The van der Waals surface area contributed by atoms with Gasteiger partial charge in [-0.25, -0.2) is 9.97 Å². The van der Waals surface area contributed by atoms with Gasteiger partial charge in [0.15, 0.2) is 0 Å². The van der Waals surface area contributed by atoms with Crippen molar-refractivity contribution < 1.29 is 18.0 Å². The van der Waals surface area contributed by atoms with Crippen molar-refractivity contribution in [3.63, 3.8) is 0 Å². The van der Waals surface area contributed by atoms with Crippen molar-refractivity contribution in [2.75, 3.05) is 52.9 Å². The number of rotatable bonds is 7. The third-order valence-electron chi connectivity index (χ3n) is 9.80. The van der Waals surface area contributed by atoms with E-state index in [2.05, 4.69) is 40.9 Å². The van der Waals surface area contributed by atoms with Gasteiger partial charge in [0.05, 0.1) is 30.1 Å². The third kappa shape index (κ3) is 5.53. The minimum absolute atomic E-state index is 0.0389. The van der Waals surface area contributed by atoms with Crippen molar-refractivity contribution >= 4 is 22.7 Å². The van der Waals surface area contributed by atoms with E-state index in [1.165, 1.54) is 13.4 Å². The van der Waals surface area contributed by atoms with Gasteiger partial charge in [-0.3, -0.25) is 24.3 Å². The Hall–Kier alpha value is -4.29. The highest BCUT2D eigenvalue weighted by Crippen LogP contribution is 2.38. The monoisotopic (exact) mass is 635 g/mol. The summed E-state index contributed by atoms with van der Waals surface area (Å²) in [5.41, 5.74) is 2.22. The number of hydrogen-bond donors (Lipinski definition) is 1. The Bertz CT molecular complexity index is 1700. The lowest BCUT2D eigenvalue weighted by atomic mass is 9.83. The summed E-state index contributed by atoms with van der Waals surface area (Å²) < 4.78 is 43.8. The van der Waals surface area contributed by atoms with Crippen LogP contribution in [0.5, 0.6) is 0 Å². The van der Waals surface area contributed by atoms with Crippen molar-refractivity contribution in [1.29, 1.82) is 5.26 Å². The van der Waals surface area contributed by atoms with E-state index in [0.717, 1.165) is 53.1 Å². The summed E-state index contributed by atoms with van der Waals surface area (Å²) in [7, 11) is 1.30. The van der Waals surface area contributed by atoms with Crippen molar-refractivity contribution in [3.05, 3.63) is 42.8 Å². The number of likely N-dealkylation sites (tertiary alicyclic amines) is 3. The number of nitrogens with one attached hydrogen (secondary N) is 1. The molecule has 1 unspecified atom stereocenters. The van der Waals surface area contributed by atoms with Crippen molar-refractivity contribution in [3.8, 4) is 17.3 Å². The summed E-state index contributed by atoms with van der Waals surface area (Å²) in [6, 6.07) is 4.45. The normalized spacial score (nSPS) is 22.9. The maximum absolute atomic E-state index is 14.0. The number of piperidine rings is 1. The predicted octanol–water partition coefficient (Wildman–Crippen LogP) is 2.99. The molecule has 3 aromatic rings. The van der Waals surface area contributed by atoms with E-state index >= 15 is 0 Å². The number of H-pyrrole nitrogens is 1. The zero-order chi connectivity index (χ0) is 32.1. The van der Waals surface area contributed by atoms with E-state index in [0.29, 0.717) is 57.7 Å². The number of alkyl halides is 3. The second-order valence-corrected chi connectivity index (χ2v) is 12.8. The van der Waals surface area contributed by atoms with Crippen LogP contribution in [0.2, 0.25) is 0 Å². The molecular weight excluding hydrogens is 599 g/mol. The van der Waals surface area contributed by atoms with Crippen LogP contribution in [0.1, 0.15) is 32.1 Å².